The Hall–Kier alpha value is -2.52. The predicted molar refractivity (Wildman–Crippen MR) is 85.6 cm³/mol. The number of hydrogen-bond donors (Lipinski definition) is 2. The molecule has 0 bridgehead atoms. The van der Waals surface area contributed by atoms with Crippen LogP contribution in [0.15, 0.2) is 24.3 Å². The predicted octanol–water partition coefficient (Wildman–Crippen LogP) is 0.703. The number of benzene rings is 1. The van der Waals surface area contributed by atoms with Crippen LogP contribution >= 0.6 is 0 Å². The molecule has 1 aromatic rings. The fraction of sp³-hybridized carbons (Fsp3) is 0.375. The highest BCUT2D eigenvalue weighted by atomic mass is 16.5. The van der Waals surface area contributed by atoms with Crippen molar-refractivity contribution in [1.29, 1.82) is 0 Å². The number of nitrogens with zero attached hydrogens (tertiary/aromatic N) is 1. The molecule has 6 nitrogen and oxygen atoms in total. The lowest BCUT2D eigenvalue weighted by Gasteiger charge is -2.22. The van der Waals surface area contributed by atoms with Gasteiger partial charge in [-0.3, -0.25) is 14.5 Å². The van der Waals surface area contributed by atoms with Crippen molar-refractivity contribution in [2.24, 2.45) is 0 Å². The quantitative estimate of drug-likeness (QED) is 0.728. The Morgan fingerprint density at radius 2 is 2.18 bits per heavy atom. The summed E-state index contributed by atoms with van der Waals surface area (Å²) in [6.45, 7) is 1.97. The van der Waals surface area contributed by atoms with Crippen LogP contribution in [-0.4, -0.2) is 50.0 Å². The van der Waals surface area contributed by atoms with Crippen LogP contribution < -0.4 is 15.4 Å². The minimum Gasteiger partial charge on any atom is -0.497 e. The minimum atomic E-state index is -0.454. The highest BCUT2D eigenvalue weighted by molar-refractivity contribution is 5.93. The standard InChI is InChI=1S/C16H21N3O3/c1-5-9-17-16(21)12(2)19(3)11-15(20)18-13-7-6-8-14(10-13)22-4/h1,6-8,10,12H,9,11H2,2-4H3,(H,17,21)(H,18,20). The molecule has 22 heavy (non-hydrogen) atoms. The smallest absolute Gasteiger partial charge is 0.238 e. The van der Waals surface area contributed by atoms with E-state index in [9.17, 15) is 9.59 Å². The van der Waals surface area contributed by atoms with E-state index in [1.807, 2.05) is 0 Å². The molecule has 2 amide bonds. The van der Waals surface area contributed by atoms with Gasteiger partial charge in [-0.25, -0.2) is 0 Å². The van der Waals surface area contributed by atoms with Crippen molar-refractivity contribution < 1.29 is 14.3 Å². The first-order valence-corrected chi connectivity index (χ1v) is 6.83. The summed E-state index contributed by atoms with van der Waals surface area (Å²) in [6.07, 6.45) is 5.09. The van der Waals surface area contributed by atoms with Crippen molar-refractivity contribution >= 4 is 17.5 Å². The van der Waals surface area contributed by atoms with Gasteiger partial charge in [0.25, 0.3) is 0 Å². The van der Waals surface area contributed by atoms with Crippen molar-refractivity contribution in [3.8, 4) is 18.1 Å². The average Bonchev–Trinajstić information content (AvgIpc) is 2.51. The maximum Gasteiger partial charge on any atom is 0.238 e. The number of ether oxygens (including phenoxy) is 1. The van der Waals surface area contributed by atoms with Crippen LogP contribution in [0.4, 0.5) is 5.69 Å². The van der Waals surface area contributed by atoms with Gasteiger partial charge in [0, 0.05) is 11.8 Å². The third-order valence-corrected chi connectivity index (χ3v) is 3.15. The molecule has 0 aliphatic rings. The van der Waals surface area contributed by atoms with Gasteiger partial charge in [-0.05, 0) is 26.1 Å². The molecule has 0 fully saturated rings. The zero-order valence-corrected chi connectivity index (χ0v) is 13.1. The number of carbonyl (C=O) groups excluding carboxylic acids is 2. The number of carbonyl (C=O) groups is 2. The summed E-state index contributed by atoms with van der Waals surface area (Å²) in [5.74, 6) is 2.57. The van der Waals surface area contributed by atoms with Gasteiger partial charge in [0.05, 0.1) is 26.2 Å². The molecular weight excluding hydrogens is 282 g/mol. The molecular formula is C16H21N3O3. The van der Waals surface area contributed by atoms with Gasteiger partial charge >= 0.3 is 0 Å². The first kappa shape index (κ1) is 17.5. The van der Waals surface area contributed by atoms with E-state index in [4.69, 9.17) is 11.2 Å². The third kappa shape index (κ3) is 5.46. The summed E-state index contributed by atoms with van der Waals surface area (Å²) in [5, 5.41) is 5.35. The van der Waals surface area contributed by atoms with E-state index in [-0.39, 0.29) is 24.9 Å². The van der Waals surface area contributed by atoms with E-state index in [0.717, 1.165) is 0 Å². The molecule has 1 aromatic carbocycles. The fourth-order valence-electron chi connectivity index (χ4n) is 1.75. The maximum atomic E-state index is 12.0. The normalized spacial score (nSPS) is 11.4. The SMILES string of the molecule is C#CCNC(=O)C(C)N(C)CC(=O)Nc1cccc(OC)c1. The van der Waals surface area contributed by atoms with Gasteiger partial charge in [0.2, 0.25) is 11.8 Å². The van der Waals surface area contributed by atoms with E-state index in [1.54, 1.807) is 50.2 Å². The number of amides is 2. The molecule has 0 radical (unpaired) electrons. The lowest BCUT2D eigenvalue weighted by Crippen LogP contribution is -2.46. The third-order valence-electron chi connectivity index (χ3n) is 3.15. The molecule has 2 N–H and O–H groups in total. The first-order chi connectivity index (χ1) is 10.5. The highest BCUT2D eigenvalue weighted by Crippen LogP contribution is 2.16. The lowest BCUT2D eigenvalue weighted by molar-refractivity contribution is -0.126. The molecule has 1 atom stereocenters. The van der Waals surface area contributed by atoms with E-state index in [1.165, 1.54) is 0 Å². The van der Waals surface area contributed by atoms with Gasteiger partial charge in [-0.2, -0.15) is 0 Å². The Morgan fingerprint density at radius 1 is 1.45 bits per heavy atom. The molecule has 1 unspecified atom stereocenters. The number of methoxy groups -OCH3 is 1. The van der Waals surface area contributed by atoms with Crippen LogP contribution in [0, 0.1) is 12.3 Å². The number of rotatable bonds is 7. The minimum absolute atomic E-state index is 0.0852. The van der Waals surface area contributed by atoms with Gasteiger partial charge in [-0.15, -0.1) is 6.42 Å². The van der Waals surface area contributed by atoms with Crippen LogP contribution in [-0.2, 0) is 9.59 Å². The molecule has 0 aliphatic carbocycles. The molecule has 0 heterocycles. The average molecular weight is 303 g/mol. The van der Waals surface area contributed by atoms with Gasteiger partial charge in [-0.1, -0.05) is 12.0 Å². The maximum absolute atomic E-state index is 12.0. The van der Waals surface area contributed by atoms with Crippen molar-refractivity contribution in [2.45, 2.75) is 13.0 Å². The Morgan fingerprint density at radius 3 is 2.82 bits per heavy atom. The summed E-state index contributed by atoms with van der Waals surface area (Å²) in [7, 11) is 3.26. The van der Waals surface area contributed by atoms with Gasteiger partial charge in [0.15, 0.2) is 0 Å². The monoisotopic (exact) mass is 303 g/mol. The highest BCUT2D eigenvalue weighted by Gasteiger charge is 2.19. The second-order valence-corrected chi connectivity index (χ2v) is 4.79. The zero-order chi connectivity index (χ0) is 16.5. The molecule has 0 aliphatic heterocycles. The molecule has 0 saturated heterocycles. The number of hydrogen-bond acceptors (Lipinski definition) is 4. The van der Waals surface area contributed by atoms with Gasteiger partial charge < -0.3 is 15.4 Å². The summed E-state index contributed by atoms with van der Waals surface area (Å²) in [4.78, 5) is 25.4. The van der Waals surface area contributed by atoms with E-state index in [2.05, 4.69) is 16.6 Å². The second-order valence-electron chi connectivity index (χ2n) is 4.79. The number of nitrogens with one attached hydrogen (secondary N) is 2. The van der Waals surface area contributed by atoms with Crippen LogP contribution in [0.25, 0.3) is 0 Å². The number of likely N-dealkylation sites (N-methyl/N-ethyl adjacent to an activating group) is 1. The Labute approximate surface area is 130 Å². The lowest BCUT2D eigenvalue weighted by atomic mass is 10.2. The van der Waals surface area contributed by atoms with Crippen LogP contribution in [0.5, 0.6) is 5.75 Å². The van der Waals surface area contributed by atoms with E-state index >= 15 is 0 Å². The van der Waals surface area contributed by atoms with Crippen LogP contribution in [0.3, 0.4) is 0 Å². The second kappa shape index (κ2) is 8.70. The molecule has 118 valence electrons. The molecule has 1 rings (SSSR count). The Bertz CT molecular complexity index is 566. The molecule has 0 saturated carbocycles. The number of anilines is 1. The van der Waals surface area contributed by atoms with E-state index < -0.39 is 6.04 Å². The summed E-state index contributed by atoms with van der Waals surface area (Å²) >= 11 is 0. The summed E-state index contributed by atoms with van der Waals surface area (Å²) < 4.78 is 5.09. The molecule has 0 aromatic heterocycles. The van der Waals surface area contributed by atoms with Crippen molar-refractivity contribution in [2.75, 3.05) is 32.6 Å². The van der Waals surface area contributed by atoms with Crippen molar-refractivity contribution in [1.82, 2.24) is 10.2 Å². The first-order valence-electron chi connectivity index (χ1n) is 6.83. The number of terminal acetylenes is 1. The van der Waals surface area contributed by atoms with Crippen LogP contribution in [0.1, 0.15) is 6.92 Å². The zero-order valence-electron chi connectivity index (χ0n) is 13.1. The largest absolute Gasteiger partial charge is 0.497 e. The molecule has 6 heteroatoms. The Balaban J connectivity index is 2.53. The summed E-state index contributed by atoms with van der Waals surface area (Å²) in [6, 6.07) is 6.61. The summed E-state index contributed by atoms with van der Waals surface area (Å²) in [5.41, 5.74) is 0.641. The van der Waals surface area contributed by atoms with Crippen LogP contribution in [0.2, 0.25) is 0 Å². The topological polar surface area (TPSA) is 70.7 Å². The Kier molecular flexibility index (Phi) is 6.93. The van der Waals surface area contributed by atoms with Gasteiger partial charge in [0.1, 0.15) is 5.75 Å². The van der Waals surface area contributed by atoms with Crippen molar-refractivity contribution in [3.05, 3.63) is 24.3 Å². The molecule has 0 spiro atoms. The fourth-order valence-corrected chi connectivity index (χ4v) is 1.75. The van der Waals surface area contributed by atoms with E-state index in [0.29, 0.717) is 11.4 Å². The van der Waals surface area contributed by atoms with Crippen molar-refractivity contribution in [3.63, 3.8) is 0 Å².